The molecule has 10 heteroatoms. The van der Waals surface area contributed by atoms with Crippen LogP contribution in [-0.2, 0) is 9.59 Å². The second-order valence-electron chi connectivity index (χ2n) is 8.15. The molecule has 2 amide bonds. The third-order valence-corrected chi connectivity index (χ3v) is 8.54. The van der Waals surface area contributed by atoms with Crippen molar-refractivity contribution in [2.24, 2.45) is 0 Å². The summed E-state index contributed by atoms with van der Waals surface area (Å²) in [6, 6.07) is 12.4. The molecule has 2 heterocycles. The fourth-order valence-electron chi connectivity index (χ4n) is 4.36. The van der Waals surface area contributed by atoms with Gasteiger partial charge in [-0.2, -0.15) is 0 Å². The number of carboxylic acids is 2. The van der Waals surface area contributed by atoms with Gasteiger partial charge in [-0.1, -0.05) is 45.9 Å². The number of rotatable bonds is 7. The van der Waals surface area contributed by atoms with Gasteiger partial charge in [-0.05, 0) is 49.9 Å². The van der Waals surface area contributed by atoms with E-state index in [4.69, 9.17) is 0 Å². The van der Waals surface area contributed by atoms with Crippen molar-refractivity contribution in [3.05, 3.63) is 59.7 Å². The molecule has 2 unspecified atom stereocenters. The molecule has 2 aromatic carbocycles. The molecule has 2 aromatic rings. The van der Waals surface area contributed by atoms with Crippen LogP contribution in [0, 0.1) is 0 Å². The van der Waals surface area contributed by atoms with Gasteiger partial charge in [0.05, 0.1) is 11.1 Å². The molecule has 0 aromatic heterocycles. The highest BCUT2D eigenvalue weighted by Crippen LogP contribution is 2.41. The zero-order valence-electron chi connectivity index (χ0n) is 18.3. The predicted molar refractivity (Wildman–Crippen MR) is 128 cm³/mol. The van der Waals surface area contributed by atoms with Gasteiger partial charge in [0.15, 0.2) is 0 Å². The number of aliphatic carboxylic acids is 2. The maximum Gasteiger partial charge on any atom is 0.326 e. The summed E-state index contributed by atoms with van der Waals surface area (Å²) in [5.41, 5.74) is 0.838. The monoisotopic (exact) mass is 500 g/mol. The largest absolute Gasteiger partial charge is 0.480 e. The van der Waals surface area contributed by atoms with Crippen molar-refractivity contribution in [1.29, 1.82) is 0 Å². The lowest BCUT2D eigenvalue weighted by molar-refractivity contribution is -0.142. The van der Waals surface area contributed by atoms with Crippen LogP contribution in [0.1, 0.15) is 46.4 Å². The van der Waals surface area contributed by atoms with Crippen LogP contribution in [0.2, 0.25) is 0 Å². The van der Waals surface area contributed by atoms with E-state index in [-0.39, 0.29) is 11.8 Å². The summed E-state index contributed by atoms with van der Waals surface area (Å²) < 4.78 is 0. The van der Waals surface area contributed by atoms with Crippen molar-refractivity contribution in [2.45, 2.75) is 47.6 Å². The van der Waals surface area contributed by atoms with E-state index in [0.29, 0.717) is 59.7 Å². The van der Waals surface area contributed by atoms with Crippen molar-refractivity contribution < 1.29 is 29.4 Å². The van der Waals surface area contributed by atoms with Crippen LogP contribution >= 0.6 is 21.6 Å². The van der Waals surface area contributed by atoms with Gasteiger partial charge >= 0.3 is 11.9 Å². The van der Waals surface area contributed by atoms with E-state index in [9.17, 15) is 29.4 Å². The molecule has 2 saturated heterocycles. The van der Waals surface area contributed by atoms with Crippen LogP contribution in [0.5, 0.6) is 0 Å². The Hall–Kier alpha value is -2.98. The van der Waals surface area contributed by atoms with Crippen molar-refractivity contribution in [1.82, 2.24) is 9.80 Å². The van der Waals surface area contributed by atoms with Crippen molar-refractivity contribution in [2.75, 3.05) is 13.1 Å². The average Bonchev–Trinajstić information content (AvgIpc) is 3.52. The summed E-state index contributed by atoms with van der Waals surface area (Å²) in [7, 11) is 2.63. The first-order valence-electron chi connectivity index (χ1n) is 11.0. The molecule has 2 atom stereocenters. The molecule has 8 nitrogen and oxygen atoms in total. The minimum atomic E-state index is -1.00. The quantitative estimate of drug-likeness (QED) is 0.551. The molecular weight excluding hydrogens is 476 g/mol. The van der Waals surface area contributed by atoms with Gasteiger partial charge in [-0.3, -0.25) is 9.59 Å². The Labute approximate surface area is 204 Å². The minimum Gasteiger partial charge on any atom is -0.480 e. The van der Waals surface area contributed by atoms with E-state index in [1.165, 1.54) is 31.4 Å². The molecule has 178 valence electrons. The lowest BCUT2D eigenvalue weighted by Crippen LogP contribution is -2.40. The van der Waals surface area contributed by atoms with Crippen molar-refractivity contribution in [3.63, 3.8) is 0 Å². The highest BCUT2D eigenvalue weighted by Gasteiger charge is 2.36. The number of likely N-dealkylation sites (tertiary alicyclic amines) is 2. The van der Waals surface area contributed by atoms with E-state index < -0.39 is 24.0 Å². The number of nitrogens with zero attached hydrogens (tertiary/aromatic N) is 2. The van der Waals surface area contributed by atoms with E-state index in [0.717, 1.165) is 0 Å². The Kier molecular flexibility index (Phi) is 7.47. The molecular formula is C24H24N2O6S2. The van der Waals surface area contributed by atoms with E-state index in [1.807, 2.05) is 0 Å². The second kappa shape index (κ2) is 10.5. The van der Waals surface area contributed by atoms with Crippen LogP contribution < -0.4 is 0 Å². The van der Waals surface area contributed by atoms with Crippen molar-refractivity contribution >= 4 is 45.3 Å². The normalized spacial score (nSPS) is 19.9. The smallest absolute Gasteiger partial charge is 0.326 e. The zero-order chi connectivity index (χ0) is 24.2. The molecule has 2 aliphatic rings. The van der Waals surface area contributed by atoms with Gasteiger partial charge in [0, 0.05) is 22.9 Å². The van der Waals surface area contributed by atoms with Gasteiger partial charge in [0.1, 0.15) is 12.1 Å². The lowest BCUT2D eigenvalue weighted by Gasteiger charge is -2.23. The fraction of sp³-hybridized carbons (Fsp3) is 0.333. The zero-order valence-corrected chi connectivity index (χ0v) is 19.9. The number of hydrogen-bond acceptors (Lipinski definition) is 6. The van der Waals surface area contributed by atoms with Crippen LogP contribution in [0.25, 0.3) is 0 Å². The SMILES string of the molecule is O=C(O)C1CCCN1C(=O)c1ccccc1SSc1ccccc1C(=O)N1CCCC1C(=O)O. The second-order valence-corrected chi connectivity index (χ2v) is 10.4. The summed E-state index contributed by atoms with van der Waals surface area (Å²) in [6.45, 7) is 0.805. The minimum absolute atomic E-state index is 0.320. The molecule has 2 N–H and O–H groups in total. The summed E-state index contributed by atoms with van der Waals surface area (Å²) in [5, 5.41) is 18.9. The first-order chi connectivity index (χ1) is 16.4. The van der Waals surface area contributed by atoms with Crippen molar-refractivity contribution in [3.8, 4) is 0 Å². The Balaban J connectivity index is 1.54. The summed E-state index contributed by atoms with van der Waals surface area (Å²) >= 11 is 0. The predicted octanol–water partition coefficient (Wildman–Crippen LogP) is 3.86. The Morgan fingerprint density at radius 1 is 0.676 bits per heavy atom. The van der Waals surface area contributed by atoms with E-state index in [1.54, 1.807) is 48.5 Å². The fourth-order valence-corrected chi connectivity index (χ4v) is 6.71. The molecule has 0 bridgehead atoms. The summed E-state index contributed by atoms with van der Waals surface area (Å²) in [4.78, 5) is 53.6. The molecule has 0 saturated carbocycles. The van der Waals surface area contributed by atoms with Gasteiger partial charge in [-0.15, -0.1) is 0 Å². The number of hydrogen-bond donors (Lipinski definition) is 2. The van der Waals surface area contributed by atoms with Gasteiger partial charge < -0.3 is 20.0 Å². The van der Waals surface area contributed by atoms with Crippen LogP contribution in [0.4, 0.5) is 0 Å². The molecule has 0 spiro atoms. The Morgan fingerprint density at radius 2 is 1.06 bits per heavy atom. The molecule has 2 fully saturated rings. The molecule has 4 rings (SSSR count). The van der Waals surface area contributed by atoms with Gasteiger partial charge in [-0.25, -0.2) is 9.59 Å². The molecule has 0 radical (unpaired) electrons. The number of carbonyl (C=O) groups is 4. The first kappa shape index (κ1) is 24.2. The number of carbonyl (C=O) groups excluding carboxylic acids is 2. The third-order valence-electron chi connectivity index (χ3n) is 6.05. The van der Waals surface area contributed by atoms with Crippen LogP contribution in [-0.4, -0.2) is 68.9 Å². The maximum absolute atomic E-state index is 13.2. The highest BCUT2D eigenvalue weighted by molar-refractivity contribution is 8.76. The van der Waals surface area contributed by atoms with Gasteiger partial charge in [0.25, 0.3) is 11.8 Å². The van der Waals surface area contributed by atoms with Gasteiger partial charge in [0.2, 0.25) is 0 Å². The first-order valence-corrected chi connectivity index (χ1v) is 13.1. The number of carboxylic acid groups (broad SMARTS) is 2. The topological polar surface area (TPSA) is 115 Å². The van der Waals surface area contributed by atoms with Crippen LogP contribution in [0.15, 0.2) is 58.3 Å². The summed E-state index contributed by atoms with van der Waals surface area (Å²) in [6.07, 6.45) is 2.18. The van der Waals surface area contributed by atoms with Crippen LogP contribution in [0.3, 0.4) is 0 Å². The average molecular weight is 501 g/mol. The maximum atomic E-state index is 13.2. The molecule has 34 heavy (non-hydrogen) atoms. The Bertz CT molecular complexity index is 1040. The molecule has 2 aliphatic heterocycles. The number of amides is 2. The van der Waals surface area contributed by atoms with E-state index in [2.05, 4.69) is 0 Å². The standard InChI is InChI=1S/C24H24N2O6S2/c27-21(25-13-5-9-17(25)23(29)30)15-7-1-3-11-19(15)33-34-20-12-4-2-8-16(20)22(28)26-14-6-10-18(26)24(31)32/h1-4,7-8,11-12,17-18H,5-6,9-10,13-14H2,(H,29,30)(H,31,32). The molecule has 0 aliphatic carbocycles. The lowest BCUT2D eigenvalue weighted by atomic mass is 10.1. The third kappa shape index (κ3) is 4.92. The highest BCUT2D eigenvalue weighted by atomic mass is 33.1. The number of benzene rings is 2. The summed E-state index contributed by atoms with van der Waals surface area (Å²) in [5.74, 6) is -2.64. The van der Waals surface area contributed by atoms with E-state index >= 15 is 0 Å². The Morgan fingerprint density at radius 3 is 1.44 bits per heavy atom.